The average Bonchev–Trinajstić information content (AvgIpc) is 1.58. The van der Waals surface area contributed by atoms with Crippen molar-refractivity contribution in [1.29, 1.82) is 36.8 Å². The monoisotopic (exact) mass is 1860 g/mol. The van der Waals surface area contributed by atoms with Gasteiger partial charge in [-0.15, -0.1) is 0 Å². The molecule has 0 spiro atoms. The Bertz CT molecular complexity index is 10400. The second-order valence-corrected chi connectivity index (χ2v) is 36.3. The van der Waals surface area contributed by atoms with Gasteiger partial charge < -0.3 is 27.4 Å². The van der Waals surface area contributed by atoms with E-state index in [4.69, 9.17) is 0 Å². The zero-order valence-corrected chi connectivity index (χ0v) is 78.3. The first-order chi connectivity index (χ1) is 72.1. The molecule has 0 fully saturated rings. The van der Waals surface area contributed by atoms with Crippen LogP contribution in [-0.2, 0) is 0 Å². The maximum atomic E-state index is 9.94. The minimum atomic E-state index is 0.582. The molecule has 27 rings (SSSR count). The van der Waals surface area contributed by atoms with Crippen molar-refractivity contribution in [3.63, 3.8) is 0 Å². The fourth-order valence-electron chi connectivity index (χ4n) is 22.0. The molecule has 0 saturated heterocycles. The molecule has 674 valence electrons. The summed E-state index contributed by atoms with van der Waals surface area (Å²) in [4.78, 5) is 0. The summed E-state index contributed by atoms with van der Waals surface area (Å²) in [6.07, 6.45) is 0. The number of para-hydroxylation sites is 9. The molecule has 13 heteroatoms. The molecule has 0 aliphatic rings. The molecular formula is C133H77N13. The van der Waals surface area contributed by atoms with E-state index in [1.54, 1.807) is 0 Å². The van der Waals surface area contributed by atoms with Crippen LogP contribution in [0.2, 0.25) is 0 Å². The van der Waals surface area contributed by atoms with Gasteiger partial charge in [0.1, 0.15) is 6.07 Å². The van der Waals surface area contributed by atoms with E-state index in [1.807, 2.05) is 158 Å². The van der Waals surface area contributed by atoms with Crippen LogP contribution in [0.25, 0.3) is 232 Å². The molecule has 0 aliphatic heterocycles. The van der Waals surface area contributed by atoms with Gasteiger partial charge in [0.25, 0.3) is 0 Å². The van der Waals surface area contributed by atoms with Crippen molar-refractivity contribution in [3.8, 4) is 143 Å². The zero-order chi connectivity index (χ0) is 98.2. The molecule has 21 aromatic carbocycles. The lowest BCUT2D eigenvalue weighted by atomic mass is 9.92. The smallest absolute Gasteiger partial charge is 0.101 e. The predicted octanol–water partition coefficient (Wildman–Crippen LogP) is 32.7. The standard InChI is InChI=1S/2C45H25N5.C43H27N3/c46-26-29-8-7-9-33(22-29)49-43-20-16-30(27-47)24-40(43)38-19-18-32(25-45(38)49)34-10-1-2-11-35(34)36-12-3-5-14-41(36)50-42-15-6-4-13-37(42)39-23-31(28-48)17-21-44(39)50;46-26-29-13-18-33(19-14-29)49-43-21-15-30(27-47)24-40(43)38-20-17-32(25-45(38)49)34-7-1-2-8-35(34)36-9-3-5-11-41(36)50-42-12-6-4-10-37(42)39-23-31(28-48)16-22-44(39)50;44-28-30-13-1-8-20-38(30)45-42-24-12-7-19-36(42)37-27-29(25-26-43(37)45)31-14-2-3-15-32(31)33-16-4-9-21-39(33)46-40-22-10-5-17-34(40)35-18-6-11-23-41(35)46/h2*1-25H;1-27H. The SMILES string of the molecule is N#Cc1ccc(-n2c3ccc(C#N)cc3c3ccc(-c4ccccc4-c4ccccc4-n4c5ccccc5c5cc(C#N)ccc54)cc32)cc1.N#Cc1cccc(-n2c3ccc(C#N)cc3c3ccc(-c4ccccc4-c4ccccc4-n4c5ccccc5c5cc(C#N)ccc54)cc32)c1.N#Cc1ccccc1-n1c2ccccc2c2cc(-c3ccccc3-c3ccccc3-n3c4ccccc4c4ccccc43)ccc21. The Labute approximate surface area is 838 Å². The van der Waals surface area contributed by atoms with Crippen molar-refractivity contribution in [2.24, 2.45) is 0 Å². The number of nitrogens with zero attached hydrogens (tertiary/aromatic N) is 13. The van der Waals surface area contributed by atoms with Gasteiger partial charge in [0.15, 0.2) is 0 Å². The van der Waals surface area contributed by atoms with E-state index in [0.29, 0.717) is 38.9 Å². The highest BCUT2D eigenvalue weighted by Crippen LogP contribution is 2.49. The topological polar surface area (TPSA) is 196 Å². The fraction of sp³-hybridized carbons (Fsp3) is 0. The van der Waals surface area contributed by atoms with Gasteiger partial charge in [0.05, 0.1) is 164 Å². The molecule has 0 amide bonds. The molecule has 0 N–H and O–H groups in total. The Balaban J connectivity index is 0.000000114. The normalized spacial score (nSPS) is 11.2. The van der Waals surface area contributed by atoms with Gasteiger partial charge in [-0.3, -0.25) is 0 Å². The summed E-state index contributed by atoms with van der Waals surface area (Å²) in [5.41, 5.74) is 36.3. The molecule has 0 unspecified atom stereocenters. The van der Waals surface area contributed by atoms with Crippen molar-refractivity contribution in [3.05, 3.63) is 506 Å². The van der Waals surface area contributed by atoms with E-state index in [9.17, 15) is 36.8 Å². The first-order valence-electron chi connectivity index (χ1n) is 48.1. The van der Waals surface area contributed by atoms with Gasteiger partial charge in [-0.1, -0.05) is 267 Å². The average molecular weight is 1860 g/mol. The van der Waals surface area contributed by atoms with Crippen LogP contribution in [0.15, 0.2) is 467 Å². The lowest BCUT2D eigenvalue weighted by molar-refractivity contribution is 1.17. The number of hydrogen-bond donors (Lipinski definition) is 0. The van der Waals surface area contributed by atoms with Crippen LogP contribution in [0.1, 0.15) is 38.9 Å². The first kappa shape index (κ1) is 86.4. The number of hydrogen-bond acceptors (Lipinski definition) is 7. The van der Waals surface area contributed by atoms with Gasteiger partial charge >= 0.3 is 0 Å². The summed E-state index contributed by atoms with van der Waals surface area (Å²) in [5, 5.41) is 81.0. The van der Waals surface area contributed by atoms with E-state index in [0.717, 1.165) is 193 Å². The van der Waals surface area contributed by atoms with Crippen LogP contribution in [0.3, 0.4) is 0 Å². The molecular weight excluding hydrogens is 1780 g/mol. The van der Waals surface area contributed by atoms with Crippen LogP contribution >= 0.6 is 0 Å². The second kappa shape index (κ2) is 36.0. The molecule has 0 radical (unpaired) electrons. The molecule has 0 aliphatic carbocycles. The molecule has 0 atom stereocenters. The fourth-order valence-corrected chi connectivity index (χ4v) is 22.0. The Morgan fingerprint density at radius 2 is 0.384 bits per heavy atom. The minimum absolute atomic E-state index is 0.582. The molecule has 146 heavy (non-hydrogen) atoms. The Hall–Kier alpha value is -21.1. The minimum Gasteiger partial charge on any atom is -0.309 e. The summed E-state index contributed by atoms with van der Waals surface area (Å²) in [5.74, 6) is 0. The highest BCUT2D eigenvalue weighted by Gasteiger charge is 2.27. The number of fused-ring (bicyclic) bond motifs is 18. The molecule has 13 nitrogen and oxygen atoms in total. The van der Waals surface area contributed by atoms with E-state index in [1.165, 1.54) is 38.5 Å². The largest absolute Gasteiger partial charge is 0.309 e. The Kier molecular flexibility index (Phi) is 21.3. The van der Waals surface area contributed by atoms with Gasteiger partial charge in [-0.05, 0) is 250 Å². The number of aromatic nitrogens is 6. The summed E-state index contributed by atoms with van der Waals surface area (Å²) < 4.78 is 13.6. The molecule has 27 aromatic rings. The number of rotatable bonds is 12. The van der Waals surface area contributed by atoms with Crippen molar-refractivity contribution in [2.75, 3.05) is 0 Å². The Morgan fingerprint density at radius 3 is 0.753 bits per heavy atom. The summed E-state index contributed by atoms with van der Waals surface area (Å²) in [6.45, 7) is 0. The molecule has 0 bridgehead atoms. The lowest BCUT2D eigenvalue weighted by Crippen LogP contribution is -1.98. The third-order valence-electron chi connectivity index (χ3n) is 28.4. The van der Waals surface area contributed by atoms with Gasteiger partial charge in [0, 0.05) is 92.7 Å². The lowest BCUT2D eigenvalue weighted by Gasteiger charge is -2.17. The second-order valence-electron chi connectivity index (χ2n) is 36.3. The van der Waals surface area contributed by atoms with E-state index in [-0.39, 0.29) is 0 Å². The van der Waals surface area contributed by atoms with E-state index >= 15 is 0 Å². The number of nitriles is 7. The number of benzene rings is 21. The van der Waals surface area contributed by atoms with Crippen molar-refractivity contribution in [1.82, 2.24) is 27.4 Å². The van der Waals surface area contributed by atoms with Crippen LogP contribution in [0, 0.1) is 79.3 Å². The first-order valence-corrected chi connectivity index (χ1v) is 48.1. The predicted molar refractivity (Wildman–Crippen MR) is 591 cm³/mol. The van der Waals surface area contributed by atoms with Gasteiger partial charge in [-0.2, -0.15) is 36.8 Å². The van der Waals surface area contributed by atoms with Crippen molar-refractivity contribution < 1.29 is 0 Å². The van der Waals surface area contributed by atoms with Crippen molar-refractivity contribution in [2.45, 2.75) is 0 Å². The zero-order valence-electron chi connectivity index (χ0n) is 78.3. The maximum Gasteiger partial charge on any atom is 0.101 e. The third-order valence-corrected chi connectivity index (χ3v) is 28.4. The quantitative estimate of drug-likeness (QED) is 0.116. The summed E-state index contributed by atoms with van der Waals surface area (Å²) in [6, 6.07) is 176. The van der Waals surface area contributed by atoms with Crippen molar-refractivity contribution >= 4 is 131 Å². The molecule has 0 saturated carbocycles. The highest BCUT2D eigenvalue weighted by atomic mass is 15.0. The molecule has 6 heterocycles. The van der Waals surface area contributed by atoms with Gasteiger partial charge in [0.2, 0.25) is 0 Å². The van der Waals surface area contributed by atoms with Gasteiger partial charge in [-0.25, -0.2) is 0 Å². The molecule has 6 aromatic heterocycles. The van der Waals surface area contributed by atoms with Crippen LogP contribution < -0.4 is 0 Å². The van der Waals surface area contributed by atoms with Crippen LogP contribution in [0.4, 0.5) is 0 Å². The highest BCUT2D eigenvalue weighted by molar-refractivity contribution is 6.17. The maximum absolute atomic E-state index is 9.94. The van der Waals surface area contributed by atoms with Crippen LogP contribution in [0.5, 0.6) is 0 Å². The van der Waals surface area contributed by atoms with Crippen LogP contribution in [-0.4, -0.2) is 27.4 Å². The third kappa shape index (κ3) is 14.4. The Morgan fingerprint density at radius 1 is 0.130 bits per heavy atom. The summed E-state index contributed by atoms with van der Waals surface area (Å²) >= 11 is 0. The van der Waals surface area contributed by atoms with E-state index < -0.39 is 0 Å². The summed E-state index contributed by atoms with van der Waals surface area (Å²) in [7, 11) is 0. The van der Waals surface area contributed by atoms with E-state index in [2.05, 4.69) is 379 Å².